The van der Waals surface area contributed by atoms with Crippen LogP contribution in [0.25, 0.3) is 0 Å². The third-order valence-corrected chi connectivity index (χ3v) is 3.37. The second-order valence-corrected chi connectivity index (χ2v) is 5.89. The molecule has 0 heterocycles. The second kappa shape index (κ2) is 9.61. The van der Waals surface area contributed by atoms with Crippen molar-refractivity contribution in [2.45, 2.75) is 45.6 Å². The average molecular weight is 306 g/mol. The minimum Gasteiger partial charge on any atom is -0.426 e. The van der Waals surface area contributed by atoms with Crippen molar-refractivity contribution in [3.8, 4) is 0 Å². The summed E-state index contributed by atoms with van der Waals surface area (Å²) in [4.78, 5) is 12.2. The highest BCUT2D eigenvalue weighted by Gasteiger charge is 2.30. The highest BCUT2D eigenvalue weighted by molar-refractivity contribution is 6.45. The summed E-state index contributed by atoms with van der Waals surface area (Å²) in [6, 6.07) is 8.99. The molecule has 0 aliphatic rings. The Kier molecular flexibility index (Phi) is 8.16. The third-order valence-electron chi connectivity index (χ3n) is 3.37. The predicted molar refractivity (Wildman–Crippen MR) is 89.1 cm³/mol. The van der Waals surface area contributed by atoms with Gasteiger partial charge in [-0.1, -0.05) is 44.2 Å². The van der Waals surface area contributed by atoms with Gasteiger partial charge in [0, 0.05) is 6.61 Å². The quantitative estimate of drug-likeness (QED) is 0.597. The van der Waals surface area contributed by atoms with Gasteiger partial charge in [0.1, 0.15) is 0 Å². The van der Waals surface area contributed by atoms with E-state index in [0.717, 1.165) is 5.56 Å². The zero-order valence-corrected chi connectivity index (χ0v) is 13.7. The largest absolute Gasteiger partial charge is 0.478 e. The molecule has 1 aromatic rings. The molecule has 1 aromatic carbocycles. The molecule has 0 aliphatic carbocycles. The molecule has 0 spiro atoms. The number of benzene rings is 1. The van der Waals surface area contributed by atoms with Gasteiger partial charge in [0.2, 0.25) is 5.91 Å². The number of carbonyl (C=O) groups is 1. The first-order valence-electron chi connectivity index (χ1n) is 7.83. The predicted octanol–water partition coefficient (Wildman–Crippen LogP) is 1.14. The molecule has 5 nitrogen and oxygen atoms in total. The van der Waals surface area contributed by atoms with Crippen molar-refractivity contribution in [3.05, 3.63) is 35.9 Å². The summed E-state index contributed by atoms with van der Waals surface area (Å²) in [6.45, 7) is 6.25. The van der Waals surface area contributed by atoms with Crippen LogP contribution < -0.4 is 11.1 Å². The fraction of sp³-hybridized carbons (Fsp3) is 0.562. The van der Waals surface area contributed by atoms with Crippen molar-refractivity contribution in [1.29, 1.82) is 0 Å². The molecule has 0 saturated carbocycles. The molecular formula is C16H27BN2O3. The summed E-state index contributed by atoms with van der Waals surface area (Å²) in [5, 5.41) is 12.8. The summed E-state index contributed by atoms with van der Waals surface area (Å²) in [5.41, 5.74) is 6.98. The van der Waals surface area contributed by atoms with E-state index < -0.39 is 19.1 Å². The Morgan fingerprint density at radius 3 is 2.55 bits per heavy atom. The average Bonchev–Trinajstić information content (AvgIpc) is 2.47. The van der Waals surface area contributed by atoms with E-state index in [-0.39, 0.29) is 5.91 Å². The van der Waals surface area contributed by atoms with Gasteiger partial charge in [-0.15, -0.1) is 0 Å². The number of nitrogens with one attached hydrogen (secondary N) is 1. The lowest BCUT2D eigenvalue weighted by atomic mass is 9.74. The van der Waals surface area contributed by atoms with E-state index >= 15 is 0 Å². The molecule has 0 unspecified atom stereocenters. The molecule has 0 aromatic heterocycles. The molecule has 4 N–H and O–H groups in total. The van der Waals surface area contributed by atoms with Crippen LogP contribution in [0.5, 0.6) is 0 Å². The van der Waals surface area contributed by atoms with Crippen molar-refractivity contribution < 1.29 is 14.5 Å². The molecule has 0 fully saturated rings. The molecular weight excluding hydrogens is 279 g/mol. The van der Waals surface area contributed by atoms with Gasteiger partial charge in [-0.2, -0.15) is 0 Å². The van der Waals surface area contributed by atoms with E-state index in [1.165, 1.54) is 0 Å². The number of hydrogen-bond donors (Lipinski definition) is 3. The Labute approximate surface area is 133 Å². The van der Waals surface area contributed by atoms with Crippen molar-refractivity contribution in [2.75, 3.05) is 6.61 Å². The molecule has 0 bridgehead atoms. The minimum absolute atomic E-state index is 0.270. The number of amides is 1. The van der Waals surface area contributed by atoms with E-state index in [1.807, 2.05) is 44.2 Å². The molecule has 0 aliphatic heterocycles. The Morgan fingerprint density at radius 2 is 2.00 bits per heavy atom. The molecule has 2 atom stereocenters. The Bertz CT molecular complexity index is 442. The first kappa shape index (κ1) is 18.7. The van der Waals surface area contributed by atoms with E-state index in [4.69, 9.17) is 10.4 Å². The van der Waals surface area contributed by atoms with Crippen LogP contribution in [0.3, 0.4) is 0 Å². The lowest BCUT2D eigenvalue weighted by molar-refractivity contribution is -0.122. The number of nitrogens with two attached hydrogens (primary N) is 1. The maximum absolute atomic E-state index is 12.2. The van der Waals surface area contributed by atoms with Gasteiger partial charge in [0.25, 0.3) is 0 Å². The first-order chi connectivity index (χ1) is 10.4. The summed E-state index contributed by atoms with van der Waals surface area (Å²) < 4.78 is 5.20. The fourth-order valence-electron chi connectivity index (χ4n) is 2.29. The fourth-order valence-corrected chi connectivity index (χ4v) is 2.29. The number of hydrogen-bond acceptors (Lipinski definition) is 4. The van der Waals surface area contributed by atoms with Gasteiger partial charge in [0.15, 0.2) is 0 Å². The number of carbonyl (C=O) groups excluding carboxylic acids is 1. The van der Waals surface area contributed by atoms with E-state index in [9.17, 15) is 9.82 Å². The minimum atomic E-state index is -1.01. The Hall–Kier alpha value is -1.37. The Morgan fingerprint density at radius 1 is 1.36 bits per heavy atom. The molecule has 0 radical (unpaired) electrons. The second-order valence-electron chi connectivity index (χ2n) is 5.89. The highest BCUT2D eigenvalue weighted by Crippen LogP contribution is 2.09. The van der Waals surface area contributed by atoms with Crippen molar-refractivity contribution in [2.24, 2.45) is 11.7 Å². The first-order valence-corrected chi connectivity index (χ1v) is 7.83. The van der Waals surface area contributed by atoms with Crippen molar-refractivity contribution >= 4 is 13.0 Å². The van der Waals surface area contributed by atoms with Gasteiger partial charge in [-0.3, -0.25) is 4.79 Å². The maximum Gasteiger partial charge on any atom is 0.478 e. The summed E-state index contributed by atoms with van der Waals surface area (Å²) in [5.74, 6) is -0.395. The standard InChI is InChI=1S/C16H27BN2O3/c1-4-22-17(21)15(10-12(2)3)19-16(20)14(18)11-13-8-6-5-7-9-13/h5-9,12,14-15,21H,4,10-11,18H2,1-3H3,(H,19,20)/t14-,15-/m0/s1. The van der Waals surface area contributed by atoms with Gasteiger partial charge in [-0.05, 0) is 31.2 Å². The highest BCUT2D eigenvalue weighted by atomic mass is 16.5. The zero-order valence-electron chi connectivity index (χ0n) is 13.7. The van der Waals surface area contributed by atoms with Gasteiger partial charge in [-0.25, -0.2) is 0 Å². The van der Waals surface area contributed by atoms with E-state index in [2.05, 4.69) is 5.32 Å². The lowest BCUT2D eigenvalue weighted by Crippen LogP contribution is -2.53. The van der Waals surface area contributed by atoms with Gasteiger partial charge < -0.3 is 20.7 Å². The van der Waals surface area contributed by atoms with Gasteiger partial charge >= 0.3 is 7.12 Å². The zero-order chi connectivity index (χ0) is 16.5. The van der Waals surface area contributed by atoms with Crippen LogP contribution in [-0.2, 0) is 15.9 Å². The summed E-state index contributed by atoms with van der Waals surface area (Å²) >= 11 is 0. The number of rotatable bonds is 9. The monoisotopic (exact) mass is 306 g/mol. The molecule has 1 amide bonds. The van der Waals surface area contributed by atoms with Crippen LogP contribution in [0.2, 0.25) is 0 Å². The van der Waals surface area contributed by atoms with E-state index in [0.29, 0.717) is 25.4 Å². The smallest absolute Gasteiger partial charge is 0.426 e. The molecule has 22 heavy (non-hydrogen) atoms. The van der Waals surface area contributed by atoms with Crippen molar-refractivity contribution in [3.63, 3.8) is 0 Å². The molecule has 0 saturated heterocycles. The van der Waals surface area contributed by atoms with Crippen LogP contribution >= 0.6 is 0 Å². The van der Waals surface area contributed by atoms with Crippen LogP contribution in [0.1, 0.15) is 32.8 Å². The maximum atomic E-state index is 12.2. The lowest BCUT2D eigenvalue weighted by Gasteiger charge is -2.24. The van der Waals surface area contributed by atoms with Gasteiger partial charge in [0.05, 0.1) is 12.0 Å². The Balaban J connectivity index is 2.60. The topological polar surface area (TPSA) is 84.6 Å². The third kappa shape index (κ3) is 6.60. The normalized spacial score (nSPS) is 13.7. The SMILES string of the molecule is CCOB(O)[C@H](CC(C)C)NC(=O)[C@@H](N)Cc1ccccc1. The summed E-state index contributed by atoms with van der Waals surface area (Å²) in [7, 11) is -1.01. The molecule has 1 rings (SSSR count). The molecule has 122 valence electrons. The van der Waals surface area contributed by atoms with Crippen LogP contribution in [0.4, 0.5) is 0 Å². The molecule has 6 heteroatoms. The van der Waals surface area contributed by atoms with Crippen molar-refractivity contribution in [1.82, 2.24) is 5.32 Å². The van der Waals surface area contributed by atoms with Crippen LogP contribution in [0, 0.1) is 5.92 Å². The summed E-state index contributed by atoms with van der Waals surface area (Å²) in [6.07, 6.45) is 1.09. The van der Waals surface area contributed by atoms with Crippen LogP contribution in [0.15, 0.2) is 30.3 Å². The van der Waals surface area contributed by atoms with E-state index in [1.54, 1.807) is 6.92 Å². The van der Waals surface area contributed by atoms with Crippen LogP contribution in [-0.4, -0.2) is 36.6 Å².